The molecule has 1 amide bonds. The Balaban J connectivity index is 1.97. The third kappa shape index (κ3) is 4.87. The van der Waals surface area contributed by atoms with Gasteiger partial charge in [0.15, 0.2) is 6.61 Å². The molecule has 2 aromatic carbocycles. The average Bonchev–Trinajstić information content (AvgIpc) is 2.57. The SMILES string of the molecule is C/C(=N/NC(=O)COc1cc(C)c(Cl)c(C)c1)c1cc(O)ccc1O. The highest BCUT2D eigenvalue weighted by atomic mass is 35.5. The van der Waals surface area contributed by atoms with Crippen LogP contribution in [0.1, 0.15) is 23.6 Å². The summed E-state index contributed by atoms with van der Waals surface area (Å²) in [6.07, 6.45) is 0. The van der Waals surface area contributed by atoms with Gasteiger partial charge in [-0.1, -0.05) is 11.6 Å². The van der Waals surface area contributed by atoms with E-state index in [0.717, 1.165) is 11.1 Å². The number of phenols is 2. The van der Waals surface area contributed by atoms with Crippen molar-refractivity contribution in [3.63, 3.8) is 0 Å². The lowest BCUT2D eigenvalue weighted by Crippen LogP contribution is -2.25. The highest BCUT2D eigenvalue weighted by Gasteiger charge is 2.08. The predicted octanol–water partition coefficient (Wildman–Crippen LogP) is 3.29. The molecule has 0 radical (unpaired) electrons. The quantitative estimate of drug-likeness (QED) is 0.432. The number of ether oxygens (including phenoxy) is 1. The van der Waals surface area contributed by atoms with Crippen LogP contribution in [-0.2, 0) is 4.79 Å². The molecule has 3 N–H and O–H groups in total. The molecule has 0 fully saturated rings. The van der Waals surface area contributed by atoms with Gasteiger partial charge in [-0.2, -0.15) is 5.10 Å². The number of aryl methyl sites for hydroxylation is 2. The van der Waals surface area contributed by atoms with E-state index in [4.69, 9.17) is 16.3 Å². The van der Waals surface area contributed by atoms with Crippen molar-refractivity contribution in [3.8, 4) is 17.2 Å². The first-order valence-electron chi connectivity index (χ1n) is 7.53. The van der Waals surface area contributed by atoms with Crippen molar-refractivity contribution in [2.45, 2.75) is 20.8 Å². The summed E-state index contributed by atoms with van der Waals surface area (Å²) in [4.78, 5) is 11.9. The number of hydrazone groups is 1. The van der Waals surface area contributed by atoms with Gasteiger partial charge < -0.3 is 14.9 Å². The molecule has 7 heteroatoms. The number of amides is 1. The summed E-state index contributed by atoms with van der Waals surface area (Å²) < 4.78 is 5.44. The summed E-state index contributed by atoms with van der Waals surface area (Å²) >= 11 is 6.09. The summed E-state index contributed by atoms with van der Waals surface area (Å²) in [7, 11) is 0. The summed E-state index contributed by atoms with van der Waals surface area (Å²) in [6, 6.07) is 7.56. The predicted molar refractivity (Wildman–Crippen MR) is 96.5 cm³/mol. The topological polar surface area (TPSA) is 91.2 Å². The second-order valence-corrected chi connectivity index (χ2v) is 5.97. The monoisotopic (exact) mass is 362 g/mol. The van der Waals surface area contributed by atoms with Crippen molar-refractivity contribution in [1.29, 1.82) is 0 Å². The van der Waals surface area contributed by atoms with Crippen LogP contribution < -0.4 is 10.2 Å². The Morgan fingerprint density at radius 1 is 1.20 bits per heavy atom. The van der Waals surface area contributed by atoms with E-state index in [2.05, 4.69) is 10.5 Å². The smallest absolute Gasteiger partial charge is 0.277 e. The number of halogens is 1. The Kier molecular flexibility index (Phi) is 5.88. The molecule has 132 valence electrons. The molecule has 0 bridgehead atoms. The molecular weight excluding hydrogens is 344 g/mol. The summed E-state index contributed by atoms with van der Waals surface area (Å²) in [5.41, 5.74) is 4.75. The first-order valence-corrected chi connectivity index (χ1v) is 7.90. The average molecular weight is 363 g/mol. The van der Waals surface area contributed by atoms with Crippen LogP contribution in [0, 0.1) is 13.8 Å². The van der Waals surface area contributed by atoms with E-state index in [-0.39, 0.29) is 18.1 Å². The number of nitrogens with one attached hydrogen (secondary N) is 1. The number of phenolic OH excluding ortho intramolecular Hbond substituents is 2. The minimum absolute atomic E-state index is 0.00881. The van der Waals surface area contributed by atoms with E-state index in [9.17, 15) is 15.0 Å². The Morgan fingerprint density at radius 2 is 1.84 bits per heavy atom. The van der Waals surface area contributed by atoms with Gasteiger partial charge in [0, 0.05) is 10.6 Å². The van der Waals surface area contributed by atoms with Crippen LogP contribution in [0.3, 0.4) is 0 Å². The molecule has 0 heterocycles. The molecule has 0 aliphatic rings. The number of nitrogens with zero attached hydrogens (tertiary/aromatic N) is 1. The lowest BCUT2D eigenvalue weighted by molar-refractivity contribution is -0.123. The molecular formula is C18H19ClN2O4. The Morgan fingerprint density at radius 3 is 2.48 bits per heavy atom. The van der Waals surface area contributed by atoms with Gasteiger partial charge in [-0.05, 0) is 62.2 Å². The van der Waals surface area contributed by atoms with E-state index >= 15 is 0 Å². The Bertz CT molecular complexity index is 811. The lowest BCUT2D eigenvalue weighted by atomic mass is 10.1. The largest absolute Gasteiger partial charge is 0.508 e. The third-order valence-corrected chi connectivity index (χ3v) is 4.09. The highest BCUT2D eigenvalue weighted by molar-refractivity contribution is 6.32. The van der Waals surface area contributed by atoms with E-state index < -0.39 is 5.91 Å². The van der Waals surface area contributed by atoms with Crippen molar-refractivity contribution in [3.05, 3.63) is 52.0 Å². The fraction of sp³-hybridized carbons (Fsp3) is 0.222. The number of carbonyl (C=O) groups excluding carboxylic acids is 1. The van der Waals surface area contributed by atoms with Gasteiger partial charge in [-0.3, -0.25) is 4.79 Å². The fourth-order valence-corrected chi connectivity index (χ4v) is 2.30. The number of rotatable bonds is 5. The molecule has 0 aliphatic heterocycles. The summed E-state index contributed by atoms with van der Waals surface area (Å²) in [5.74, 6) is 0.0345. The molecule has 0 saturated heterocycles. The zero-order valence-corrected chi connectivity index (χ0v) is 14.9. The zero-order chi connectivity index (χ0) is 18.6. The van der Waals surface area contributed by atoms with E-state index in [1.54, 1.807) is 19.1 Å². The first-order chi connectivity index (χ1) is 11.8. The van der Waals surface area contributed by atoms with Crippen molar-refractivity contribution in [2.24, 2.45) is 5.10 Å². The van der Waals surface area contributed by atoms with Gasteiger partial charge in [-0.15, -0.1) is 0 Å². The second-order valence-electron chi connectivity index (χ2n) is 5.59. The standard InChI is InChI=1S/C18H19ClN2O4/c1-10-6-14(7-11(2)18(10)19)25-9-17(24)21-20-12(3)15-8-13(22)4-5-16(15)23/h4-8,22-23H,9H2,1-3H3,(H,21,24)/b20-12-. The highest BCUT2D eigenvalue weighted by Crippen LogP contribution is 2.26. The van der Waals surface area contributed by atoms with E-state index in [1.165, 1.54) is 18.2 Å². The van der Waals surface area contributed by atoms with Gasteiger partial charge >= 0.3 is 0 Å². The molecule has 0 aromatic heterocycles. The van der Waals surface area contributed by atoms with Gasteiger partial charge in [-0.25, -0.2) is 5.43 Å². The van der Waals surface area contributed by atoms with Crippen molar-refractivity contribution >= 4 is 23.2 Å². The molecule has 0 aliphatic carbocycles. The molecule has 0 unspecified atom stereocenters. The van der Waals surface area contributed by atoms with Crippen molar-refractivity contribution in [1.82, 2.24) is 5.43 Å². The van der Waals surface area contributed by atoms with Crippen LogP contribution in [-0.4, -0.2) is 28.4 Å². The van der Waals surface area contributed by atoms with Crippen LogP contribution in [0.5, 0.6) is 17.2 Å². The molecule has 25 heavy (non-hydrogen) atoms. The number of aromatic hydroxyl groups is 2. The number of benzene rings is 2. The van der Waals surface area contributed by atoms with E-state index in [0.29, 0.717) is 22.0 Å². The van der Waals surface area contributed by atoms with Crippen LogP contribution in [0.15, 0.2) is 35.4 Å². The molecule has 2 rings (SSSR count). The molecule has 0 spiro atoms. The fourth-order valence-electron chi connectivity index (χ4n) is 2.19. The lowest BCUT2D eigenvalue weighted by Gasteiger charge is -2.09. The first kappa shape index (κ1) is 18.6. The summed E-state index contributed by atoms with van der Waals surface area (Å²) in [5, 5.41) is 23.8. The van der Waals surface area contributed by atoms with Crippen LogP contribution in [0.2, 0.25) is 5.02 Å². The van der Waals surface area contributed by atoms with Gasteiger partial charge in [0.1, 0.15) is 17.2 Å². The minimum Gasteiger partial charge on any atom is -0.508 e. The van der Waals surface area contributed by atoms with Gasteiger partial charge in [0.2, 0.25) is 0 Å². The summed E-state index contributed by atoms with van der Waals surface area (Å²) in [6.45, 7) is 5.10. The third-order valence-electron chi connectivity index (χ3n) is 3.50. The zero-order valence-electron chi connectivity index (χ0n) is 14.1. The number of hydrogen-bond acceptors (Lipinski definition) is 5. The maximum Gasteiger partial charge on any atom is 0.277 e. The molecule has 0 saturated carbocycles. The van der Waals surface area contributed by atoms with Crippen LogP contribution in [0.25, 0.3) is 0 Å². The normalized spacial score (nSPS) is 11.3. The van der Waals surface area contributed by atoms with Crippen molar-refractivity contribution < 1.29 is 19.7 Å². The van der Waals surface area contributed by atoms with Crippen LogP contribution in [0.4, 0.5) is 0 Å². The van der Waals surface area contributed by atoms with E-state index in [1.807, 2.05) is 13.8 Å². The molecule has 2 aromatic rings. The molecule has 6 nitrogen and oxygen atoms in total. The van der Waals surface area contributed by atoms with Gasteiger partial charge in [0.25, 0.3) is 5.91 Å². The maximum atomic E-state index is 11.9. The Labute approximate surface area is 150 Å². The minimum atomic E-state index is -0.454. The Hall–Kier alpha value is -2.73. The van der Waals surface area contributed by atoms with Crippen LogP contribution >= 0.6 is 11.6 Å². The van der Waals surface area contributed by atoms with Gasteiger partial charge in [0.05, 0.1) is 5.71 Å². The molecule has 0 atom stereocenters. The van der Waals surface area contributed by atoms with Crippen molar-refractivity contribution in [2.75, 3.05) is 6.61 Å². The second kappa shape index (κ2) is 7.90. The maximum absolute atomic E-state index is 11.9. The number of carbonyl (C=O) groups is 1. The number of hydrogen-bond donors (Lipinski definition) is 3.